The van der Waals surface area contributed by atoms with Crippen LogP contribution in [0.2, 0.25) is 0 Å². The van der Waals surface area contributed by atoms with E-state index in [0.29, 0.717) is 17.7 Å². The van der Waals surface area contributed by atoms with Crippen molar-refractivity contribution in [3.8, 4) is 0 Å². The molecule has 0 saturated heterocycles. The predicted molar refractivity (Wildman–Crippen MR) is 142 cm³/mol. The fraction of sp³-hybridized carbons (Fsp3) is 0.310. The van der Waals surface area contributed by atoms with Gasteiger partial charge in [0.05, 0.1) is 5.75 Å². The molecule has 0 saturated carbocycles. The molecule has 3 rings (SSSR count). The quantitative estimate of drug-likeness (QED) is 0.383. The van der Waals surface area contributed by atoms with Crippen LogP contribution < -0.4 is 5.32 Å². The number of rotatable bonds is 11. The van der Waals surface area contributed by atoms with Crippen LogP contribution in [0.4, 0.5) is 4.39 Å². The number of hydrogen-bond donors (Lipinski definition) is 1. The first-order chi connectivity index (χ1) is 16.8. The Balaban J connectivity index is 1.86. The standard InChI is InChI=1S/C29H33FN2O2S/c1-21(2)31-29(34)27(17-23-12-5-4-6-13-23)32(18-24-14-9-10-16-26(24)30)28(33)20-35-19-25-15-8-7-11-22(25)3/h4-16,21,27H,17-20H2,1-3H3,(H,31,34)/t27-/m1/s1. The first-order valence-corrected chi connectivity index (χ1v) is 13.0. The van der Waals surface area contributed by atoms with E-state index in [9.17, 15) is 14.0 Å². The molecule has 0 radical (unpaired) electrons. The Kier molecular flexibility index (Phi) is 9.91. The fourth-order valence-corrected chi connectivity index (χ4v) is 4.83. The van der Waals surface area contributed by atoms with Crippen LogP contribution in [-0.2, 0) is 28.3 Å². The van der Waals surface area contributed by atoms with Gasteiger partial charge < -0.3 is 10.2 Å². The van der Waals surface area contributed by atoms with Gasteiger partial charge in [0.15, 0.2) is 0 Å². The zero-order valence-electron chi connectivity index (χ0n) is 20.5. The van der Waals surface area contributed by atoms with Gasteiger partial charge in [-0.1, -0.05) is 72.8 Å². The van der Waals surface area contributed by atoms with E-state index in [0.717, 1.165) is 5.56 Å². The highest BCUT2D eigenvalue weighted by atomic mass is 32.2. The number of carbonyl (C=O) groups is 2. The molecular formula is C29H33FN2O2S. The third kappa shape index (κ3) is 7.96. The molecule has 0 aliphatic rings. The van der Waals surface area contributed by atoms with Crippen LogP contribution in [0.3, 0.4) is 0 Å². The fourth-order valence-electron chi connectivity index (χ4n) is 3.85. The minimum Gasteiger partial charge on any atom is -0.352 e. The van der Waals surface area contributed by atoms with Gasteiger partial charge >= 0.3 is 0 Å². The van der Waals surface area contributed by atoms with Crippen LogP contribution in [0, 0.1) is 12.7 Å². The summed E-state index contributed by atoms with van der Waals surface area (Å²) in [4.78, 5) is 28.4. The average molecular weight is 493 g/mol. The summed E-state index contributed by atoms with van der Waals surface area (Å²) in [5.41, 5.74) is 3.67. The average Bonchev–Trinajstić information content (AvgIpc) is 2.83. The lowest BCUT2D eigenvalue weighted by Crippen LogP contribution is -2.52. The third-order valence-electron chi connectivity index (χ3n) is 5.74. The van der Waals surface area contributed by atoms with Crippen LogP contribution in [0.25, 0.3) is 0 Å². The van der Waals surface area contributed by atoms with Crippen molar-refractivity contribution in [3.63, 3.8) is 0 Å². The van der Waals surface area contributed by atoms with Gasteiger partial charge in [-0.2, -0.15) is 0 Å². The van der Waals surface area contributed by atoms with Crippen LogP contribution >= 0.6 is 11.8 Å². The van der Waals surface area contributed by atoms with Gasteiger partial charge in [-0.15, -0.1) is 11.8 Å². The number of thioether (sulfide) groups is 1. The van der Waals surface area contributed by atoms with E-state index < -0.39 is 6.04 Å². The molecule has 4 nitrogen and oxygen atoms in total. The van der Waals surface area contributed by atoms with Crippen LogP contribution in [0.1, 0.15) is 36.1 Å². The molecule has 0 heterocycles. The minimum atomic E-state index is -0.758. The normalized spacial score (nSPS) is 11.8. The van der Waals surface area contributed by atoms with E-state index in [-0.39, 0.29) is 36.0 Å². The molecule has 2 amide bonds. The zero-order valence-corrected chi connectivity index (χ0v) is 21.4. The van der Waals surface area contributed by atoms with Crippen molar-refractivity contribution < 1.29 is 14.0 Å². The molecule has 3 aromatic rings. The molecule has 0 aliphatic carbocycles. The number of hydrogen-bond acceptors (Lipinski definition) is 3. The van der Waals surface area contributed by atoms with E-state index in [4.69, 9.17) is 0 Å². The van der Waals surface area contributed by atoms with Crippen molar-refractivity contribution in [1.29, 1.82) is 0 Å². The molecule has 3 aromatic carbocycles. The molecule has 6 heteroatoms. The van der Waals surface area contributed by atoms with E-state index in [1.807, 2.05) is 69.3 Å². The molecule has 1 atom stereocenters. The summed E-state index contributed by atoms with van der Waals surface area (Å²) < 4.78 is 14.6. The van der Waals surface area contributed by atoms with Crippen molar-refractivity contribution in [3.05, 3.63) is 107 Å². The van der Waals surface area contributed by atoms with Crippen molar-refractivity contribution in [2.24, 2.45) is 0 Å². The van der Waals surface area contributed by atoms with E-state index in [1.165, 1.54) is 33.9 Å². The summed E-state index contributed by atoms with van der Waals surface area (Å²) in [6, 6.07) is 23.3. The summed E-state index contributed by atoms with van der Waals surface area (Å²) in [5.74, 6) is 0.0704. The van der Waals surface area contributed by atoms with Crippen molar-refractivity contribution in [2.75, 3.05) is 5.75 Å². The lowest BCUT2D eigenvalue weighted by Gasteiger charge is -2.32. The van der Waals surface area contributed by atoms with Crippen LogP contribution in [0.15, 0.2) is 78.9 Å². The Morgan fingerprint density at radius 3 is 2.20 bits per heavy atom. The third-order valence-corrected chi connectivity index (χ3v) is 6.71. The van der Waals surface area contributed by atoms with Crippen molar-refractivity contribution in [2.45, 2.75) is 51.6 Å². The lowest BCUT2D eigenvalue weighted by atomic mass is 10.0. The largest absolute Gasteiger partial charge is 0.352 e. The monoisotopic (exact) mass is 492 g/mol. The number of carbonyl (C=O) groups excluding carboxylic acids is 2. The zero-order chi connectivity index (χ0) is 25.2. The molecule has 1 N–H and O–H groups in total. The molecule has 0 aliphatic heterocycles. The van der Waals surface area contributed by atoms with Gasteiger partial charge in [-0.05, 0) is 43.5 Å². The maximum absolute atomic E-state index is 14.6. The van der Waals surface area contributed by atoms with Crippen molar-refractivity contribution in [1.82, 2.24) is 10.2 Å². The molecule has 0 fully saturated rings. The first-order valence-electron chi connectivity index (χ1n) is 11.8. The SMILES string of the molecule is Cc1ccccc1CSCC(=O)N(Cc1ccccc1F)[C@H](Cc1ccccc1)C(=O)NC(C)C. The summed E-state index contributed by atoms with van der Waals surface area (Å²) in [6.45, 7) is 5.85. The predicted octanol–water partition coefficient (Wildman–Crippen LogP) is 5.53. The van der Waals surface area contributed by atoms with Crippen LogP contribution in [0.5, 0.6) is 0 Å². The first kappa shape index (κ1) is 26.5. The summed E-state index contributed by atoms with van der Waals surface area (Å²) in [6.07, 6.45) is 0.349. The van der Waals surface area contributed by atoms with Gasteiger partial charge in [0, 0.05) is 30.3 Å². The molecule has 0 bridgehead atoms. The topological polar surface area (TPSA) is 49.4 Å². The molecule has 0 aromatic heterocycles. The van der Waals surface area contributed by atoms with Gasteiger partial charge in [-0.3, -0.25) is 9.59 Å². The van der Waals surface area contributed by atoms with E-state index in [2.05, 4.69) is 11.4 Å². The van der Waals surface area contributed by atoms with E-state index in [1.54, 1.807) is 18.2 Å². The number of amides is 2. The second-order valence-corrected chi connectivity index (χ2v) is 9.89. The Morgan fingerprint density at radius 1 is 0.914 bits per heavy atom. The Hall–Kier alpha value is -3.12. The Bertz CT molecular complexity index is 1120. The number of benzene rings is 3. The highest BCUT2D eigenvalue weighted by Crippen LogP contribution is 2.20. The summed E-state index contributed by atoms with van der Waals surface area (Å²) >= 11 is 1.50. The molecule has 35 heavy (non-hydrogen) atoms. The summed E-state index contributed by atoms with van der Waals surface area (Å²) in [7, 11) is 0. The number of halogens is 1. The molecule has 184 valence electrons. The number of nitrogens with one attached hydrogen (secondary N) is 1. The second kappa shape index (κ2) is 13.1. The lowest BCUT2D eigenvalue weighted by molar-refractivity contribution is -0.139. The smallest absolute Gasteiger partial charge is 0.243 e. The maximum Gasteiger partial charge on any atom is 0.243 e. The Morgan fingerprint density at radius 2 is 1.54 bits per heavy atom. The Labute approximate surface area is 211 Å². The van der Waals surface area contributed by atoms with Gasteiger partial charge in [0.25, 0.3) is 0 Å². The number of aryl methyl sites for hydroxylation is 1. The molecule has 0 spiro atoms. The minimum absolute atomic E-state index is 0.0272. The second-order valence-electron chi connectivity index (χ2n) is 8.90. The van der Waals surface area contributed by atoms with E-state index >= 15 is 0 Å². The van der Waals surface area contributed by atoms with Gasteiger partial charge in [0.2, 0.25) is 11.8 Å². The summed E-state index contributed by atoms with van der Waals surface area (Å²) in [5, 5.41) is 2.95. The molecular weight excluding hydrogens is 459 g/mol. The number of nitrogens with zero attached hydrogens (tertiary/aromatic N) is 1. The molecule has 0 unspecified atom stereocenters. The van der Waals surface area contributed by atoms with Crippen LogP contribution in [-0.4, -0.2) is 34.6 Å². The highest BCUT2D eigenvalue weighted by Gasteiger charge is 2.31. The highest BCUT2D eigenvalue weighted by molar-refractivity contribution is 7.99. The van der Waals surface area contributed by atoms with Gasteiger partial charge in [-0.25, -0.2) is 4.39 Å². The maximum atomic E-state index is 14.6. The van der Waals surface area contributed by atoms with Crippen molar-refractivity contribution >= 4 is 23.6 Å². The van der Waals surface area contributed by atoms with Gasteiger partial charge in [0.1, 0.15) is 11.9 Å².